The molecule has 0 saturated heterocycles. The van der Waals surface area contributed by atoms with E-state index in [1.807, 2.05) is 66.7 Å². The number of carbonyl (C=O) groups is 1. The molecular formula is C22H13N3O2. The van der Waals surface area contributed by atoms with Crippen molar-refractivity contribution in [2.75, 3.05) is 0 Å². The summed E-state index contributed by atoms with van der Waals surface area (Å²) in [5, 5.41) is 2.18. The normalized spacial score (nSPS) is 15.3. The Labute approximate surface area is 154 Å². The molecule has 0 aliphatic carbocycles. The summed E-state index contributed by atoms with van der Waals surface area (Å²) in [6.45, 7) is 0. The Balaban J connectivity index is 1.53. The van der Waals surface area contributed by atoms with Crippen molar-refractivity contribution in [3.8, 4) is 0 Å². The van der Waals surface area contributed by atoms with E-state index in [-0.39, 0.29) is 5.70 Å². The number of aliphatic imine (C=N–C) groups is 1. The van der Waals surface area contributed by atoms with E-state index in [1.165, 1.54) is 0 Å². The highest BCUT2D eigenvalue weighted by atomic mass is 16.6. The van der Waals surface area contributed by atoms with Gasteiger partial charge in [-0.3, -0.25) is 4.98 Å². The molecule has 1 aromatic heterocycles. The van der Waals surface area contributed by atoms with Crippen LogP contribution < -0.4 is 0 Å². The molecule has 1 aliphatic rings. The molecule has 0 spiro atoms. The molecule has 0 saturated carbocycles. The van der Waals surface area contributed by atoms with Crippen LogP contribution in [-0.4, -0.2) is 21.8 Å². The van der Waals surface area contributed by atoms with Crippen LogP contribution in [0.5, 0.6) is 0 Å². The molecule has 1 aliphatic heterocycles. The quantitative estimate of drug-likeness (QED) is 0.402. The van der Waals surface area contributed by atoms with Crippen LogP contribution in [0.25, 0.3) is 27.9 Å². The van der Waals surface area contributed by atoms with Crippen LogP contribution in [0.3, 0.4) is 0 Å². The van der Waals surface area contributed by atoms with Crippen LogP contribution in [0.2, 0.25) is 0 Å². The summed E-state index contributed by atoms with van der Waals surface area (Å²) in [7, 11) is 0. The van der Waals surface area contributed by atoms with Crippen molar-refractivity contribution in [2.24, 2.45) is 4.99 Å². The largest absolute Gasteiger partial charge is 0.402 e. The summed E-state index contributed by atoms with van der Waals surface area (Å²) in [5.74, 6) is -0.195. The molecule has 27 heavy (non-hydrogen) atoms. The summed E-state index contributed by atoms with van der Waals surface area (Å²) in [4.78, 5) is 25.4. The molecule has 0 radical (unpaired) electrons. The summed E-state index contributed by atoms with van der Waals surface area (Å²) >= 11 is 0. The van der Waals surface area contributed by atoms with Gasteiger partial charge in [0.05, 0.1) is 22.9 Å². The molecule has 128 valence electrons. The molecule has 5 rings (SSSR count). The number of carbonyl (C=O) groups excluding carboxylic acids is 1. The predicted molar refractivity (Wildman–Crippen MR) is 104 cm³/mol. The van der Waals surface area contributed by atoms with E-state index >= 15 is 0 Å². The van der Waals surface area contributed by atoms with Crippen LogP contribution in [-0.2, 0) is 9.53 Å². The SMILES string of the molecule is O=C1OC(c2ccc3ccccc3c2)=N/C1=C\c1cnc2ccccc2n1. The van der Waals surface area contributed by atoms with Gasteiger partial charge in [-0.05, 0) is 41.1 Å². The Morgan fingerprint density at radius 2 is 1.63 bits per heavy atom. The van der Waals surface area contributed by atoms with Crippen LogP contribution in [0.1, 0.15) is 11.3 Å². The third-order valence-electron chi connectivity index (χ3n) is 4.37. The summed E-state index contributed by atoms with van der Waals surface area (Å²) in [6, 6.07) is 21.4. The Bertz CT molecular complexity index is 1270. The highest BCUT2D eigenvalue weighted by Gasteiger charge is 2.24. The fourth-order valence-corrected chi connectivity index (χ4v) is 3.04. The van der Waals surface area contributed by atoms with Crippen molar-refractivity contribution < 1.29 is 9.53 Å². The van der Waals surface area contributed by atoms with E-state index in [2.05, 4.69) is 15.0 Å². The Hall–Kier alpha value is -3.86. The van der Waals surface area contributed by atoms with Gasteiger partial charge in [-0.25, -0.2) is 14.8 Å². The molecular weight excluding hydrogens is 338 g/mol. The number of benzene rings is 3. The van der Waals surface area contributed by atoms with E-state index in [4.69, 9.17) is 4.74 Å². The van der Waals surface area contributed by atoms with Gasteiger partial charge in [0.15, 0.2) is 5.70 Å². The lowest BCUT2D eigenvalue weighted by atomic mass is 10.1. The van der Waals surface area contributed by atoms with Gasteiger partial charge in [-0.15, -0.1) is 0 Å². The first-order valence-corrected chi connectivity index (χ1v) is 8.50. The highest BCUT2D eigenvalue weighted by Crippen LogP contribution is 2.22. The van der Waals surface area contributed by atoms with Crippen molar-refractivity contribution in [3.05, 3.63) is 89.9 Å². The minimum atomic E-state index is -0.492. The van der Waals surface area contributed by atoms with E-state index < -0.39 is 5.97 Å². The minimum absolute atomic E-state index is 0.211. The molecule has 0 unspecified atom stereocenters. The van der Waals surface area contributed by atoms with Crippen molar-refractivity contribution in [2.45, 2.75) is 0 Å². The molecule has 0 atom stereocenters. The first-order valence-electron chi connectivity index (χ1n) is 8.50. The van der Waals surface area contributed by atoms with Gasteiger partial charge >= 0.3 is 5.97 Å². The average Bonchev–Trinajstić information content (AvgIpc) is 3.08. The van der Waals surface area contributed by atoms with E-state index in [0.29, 0.717) is 11.6 Å². The standard InChI is InChI=1S/C22H13N3O2/c26-22-20(12-17-13-23-18-7-3-4-8-19(18)24-17)25-21(27-22)16-10-9-14-5-1-2-6-15(14)11-16/h1-13H/b20-12-. The molecule has 3 aromatic carbocycles. The molecule has 5 nitrogen and oxygen atoms in total. The number of esters is 1. The molecule has 2 heterocycles. The second-order valence-corrected chi connectivity index (χ2v) is 6.18. The molecule has 5 heteroatoms. The fraction of sp³-hybridized carbons (Fsp3) is 0. The first kappa shape index (κ1) is 15.4. The molecule has 4 aromatic rings. The number of rotatable bonds is 2. The van der Waals surface area contributed by atoms with Crippen LogP contribution in [0.15, 0.2) is 83.6 Å². The van der Waals surface area contributed by atoms with Gasteiger partial charge in [-0.2, -0.15) is 0 Å². The lowest BCUT2D eigenvalue weighted by Crippen LogP contribution is -2.05. The topological polar surface area (TPSA) is 64.4 Å². The molecule has 0 N–H and O–H groups in total. The van der Waals surface area contributed by atoms with Gasteiger partial charge in [0.1, 0.15) is 0 Å². The maximum Gasteiger partial charge on any atom is 0.363 e. The third-order valence-corrected chi connectivity index (χ3v) is 4.37. The summed E-state index contributed by atoms with van der Waals surface area (Å²) in [5.41, 5.74) is 3.09. The zero-order valence-electron chi connectivity index (χ0n) is 14.2. The van der Waals surface area contributed by atoms with Gasteiger partial charge in [0.25, 0.3) is 0 Å². The van der Waals surface area contributed by atoms with Gasteiger partial charge in [-0.1, -0.05) is 42.5 Å². The lowest BCUT2D eigenvalue weighted by Gasteiger charge is -2.02. The monoisotopic (exact) mass is 351 g/mol. The maximum atomic E-state index is 12.2. The maximum absolute atomic E-state index is 12.2. The van der Waals surface area contributed by atoms with E-state index in [1.54, 1.807) is 12.3 Å². The van der Waals surface area contributed by atoms with Crippen molar-refractivity contribution in [1.82, 2.24) is 9.97 Å². The number of hydrogen-bond donors (Lipinski definition) is 0. The fourth-order valence-electron chi connectivity index (χ4n) is 3.04. The first-order chi connectivity index (χ1) is 13.3. The highest BCUT2D eigenvalue weighted by molar-refractivity contribution is 6.13. The van der Waals surface area contributed by atoms with Gasteiger partial charge < -0.3 is 4.74 Å². The Morgan fingerprint density at radius 1 is 0.852 bits per heavy atom. The smallest absolute Gasteiger partial charge is 0.363 e. The zero-order chi connectivity index (χ0) is 18.2. The Kier molecular flexibility index (Phi) is 3.50. The number of hydrogen-bond acceptors (Lipinski definition) is 5. The number of fused-ring (bicyclic) bond motifs is 2. The van der Waals surface area contributed by atoms with Crippen LogP contribution in [0.4, 0.5) is 0 Å². The van der Waals surface area contributed by atoms with Gasteiger partial charge in [0, 0.05) is 5.56 Å². The van der Waals surface area contributed by atoms with Crippen molar-refractivity contribution >= 4 is 39.7 Å². The van der Waals surface area contributed by atoms with Crippen LogP contribution >= 0.6 is 0 Å². The second-order valence-electron chi connectivity index (χ2n) is 6.18. The molecule has 0 fully saturated rings. The number of nitrogens with zero attached hydrogens (tertiary/aromatic N) is 3. The summed E-state index contributed by atoms with van der Waals surface area (Å²) in [6.07, 6.45) is 3.21. The number of aromatic nitrogens is 2. The predicted octanol–water partition coefficient (Wildman–Crippen LogP) is 4.13. The minimum Gasteiger partial charge on any atom is -0.402 e. The molecule has 0 bridgehead atoms. The van der Waals surface area contributed by atoms with E-state index in [0.717, 1.165) is 27.4 Å². The molecule has 0 amide bonds. The van der Waals surface area contributed by atoms with E-state index in [9.17, 15) is 4.79 Å². The number of para-hydroxylation sites is 2. The van der Waals surface area contributed by atoms with Crippen molar-refractivity contribution in [1.29, 1.82) is 0 Å². The second kappa shape index (κ2) is 6.14. The Morgan fingerprint density at radius 3 is 2.52 bits per heavy atom. The van der Waals surface area contributed by atoms with Crippen molar-refractivity contribution in [3.63, 3.8) is 0 Å². The number of ether oxygens (including phenoxy) is 1. The lowest BCUT2D eigenvalue weighted by molar-refractivity contribution is -0.129. The third kappa shape index (κ3) is 2.85. The summed E-state index contributed by atoms with van der Waals surface area (Å²) < 4.78 is 5.36. The van der Waals surface area contributed by atoms with Gasteiger partial charge in [0.2, 0.25) is 5.90 Å². The van der Waals surface area contributed by atoms with Crippen LogP contribution in [0, 0.1) is 0 Å². The average molecular weight is 351 g/mol. The zero-order valence-corrected chi connectivity index (χ0v) is 14.2. The number of cyclic esters (lactones) is 1.